The van der Waals surface area contributed by atoms with E-state index in [1.165, 1.54) is 0 Å². The fourth-order valence-corrected chi connectivity index (χ4v) is 1.73. The van der Waals surface area contributed by atoms with E-state index in [-0.39, 0.29) is 23.0 Å². The molecule has 0 atom stereocenters. The Morgan fingerprint density at radius 2 is 1.31 bits per heavy atom. The monoisotopic (exact) mass is 194 g/mol. The van der Waals surface area contributed by atoms with Gasteiger partial charge in [-0.05, 0) is 13.8 Å². The van der Waals surface area contributed by atoms with Gasteiger partial charge in [-0.15, -0.1) is 0 Å². The van der Waals surface area contributed by atoms with Gasteiger partial charge in [-0.3, -0.25) is 9.59 Å². The Hall–Kier alpha value is -1.36. The highest BCUT2D eigenvalue weighted by molar-refractivity contribution is 6.99. The van der Waals surface area contributed by atoms with Gasteiger partial charge in [-0.1, -0.05) is 0 Å². The number of hydrogen-bond donors (Lipinski definition) is 0. The van der Waals surface area contributed by atoms with Gasteiger partial charge in [-0.2, -0.15) is 8.75 Å². The number of rotatable bonds is 0. The highest BCUT2D eigenvalue weighted by Crippen LogP contribution is 2.23. The molecule has 0 N–H and O–H groups in total. The summed E-state index contributed by atoms with van der Waals surface area (Å²) < 4.78 is 7.60. The molecule has 5 heteroatoms. The van der Waals surface area contributed by atoms with Crippen molar-refractivity contribution in [2.45, 2.75) is 13.8 Å². The molecule has 0 unspecified atom stereocenters. The highest BCUT2D eigenvalue weighted by Gasteiger charge is 2.31. The first-order chi connectivity index (χ1) is 6.13. The fraction of sp³-hybridized carbons (Fsp3) is 0.250. The van der Waals surface area contributed by atoms with E-state index < -0.39 is 0 Å². The highest BCUT2D eigenvalue weighted by atomic mass is 32.1. The summed E-state index contributed by atoms with van der Waals surface area (Å²) >= 11 is 0.899. The minimum Gasteiger partial charge on any atom is -0.287 e. The van der Waals surface area contributed by atoms with Crippen molar-refractivity contribution >= 4 is 23.3 Å². The van der Waals surface area contributed by atoms with Gasteiger partial charge in [0.2, 0.25) is 11.6 Å². The van der Waals surface area contributed by atoms with Crippen molar-refractivity contribution in [2.24, 2.45) is 0 Å². The van der Waals surface area contributed by atoms with Gasteiger partial charge in [-0.25, -0.2) is 0 Å². The molecule has 1 aliphatic carbocycles. The first-order valence-corrected chi connectivity index (χ1v) is 4.45. The SMILES string of the molecule is CC1=C(C)C(=O)c2nsnc2C1=O. The third-order valence-electron chi connectivity index (χ3n) is 2.16. The summed E-state index contributed by atoms with van der Waals surface area (Å²) in [4.78, 5) is 23.1. The molecule has 0 aliphatic heterocycles. The van der Waals surface area contributed by atoms with Crippen LogP contribution in [0.25, 0.3) is 0 Å². The van der Waals surface area contributed by atoms with E-state index in [4.69, 9.17) is 0 Å². The predicted molar refractivity (Wildman–Crippen MR) is 46.9 cm³/mol. The van der Waals surface area contributed by atoms with E-state index >= 15 is 0 Å². The van der Waals surface area contributed by atoms with Gasteiger partial charge in [0, 0.05) is 11.1 Å². The zero-order valence-corrected chi connectivity index (χ0v) is 7.94. The second-order valence-electron chi connectivity index (χ2n) is 2.87. The predicted octanol–water partition coefficient (Wildman–Crippen LogP) is 1.25. The minimum absolute atomic E-state index is 0.180. The van der Waals surface area contributed by atoms with Gasteiger partial charge in [0.1, 0.15) is 0 Å². The van der Waals surface area contributed by atoms with Crippen LogP contribution in [0.15, 0.2) is 11.1 Å². The summed E-state index contributed by atoms with van der Waals surface area (Å²) in [5, 5.41) is 0. The maximum atomic E-state index is 11.5. The van der Waals surface area contributed by atoms with Crippen LogP contribution in [0.5, 0.6) is 0 Å². The van der Waals surface area contributed by atoms with Crippen LogP contribution in [-0.2, 0) is 0 Å². The molecule has 0 fully saturated rings. The molecule has 0 spiro atoms. The van der Waals surface area contributed by atoms with Gasteiger partial charge in [0.15, 0.2) is 11.4 Å². The number of carbonyl (C=O) groups excluding carboxylic acids is 2. The maximum absolute atomic E-state index is 11.5. The average molecular weight is 194 g/mol. The van der Waals surface area contributed by atoms with E-state index in [0.29, 0.717) is 11.1 Å². The third kappa shape index (κ3) is 0.968. The number of allylic oxidation sites excluding steroid dienone is 2. The van der Waals surface area contributed by atoms with Crippen LogP contribution >= 0.6 is 11.7 Å². The van der Waals surface area contributed by atoms with Crippen LogP contribution in [0, 0.1) is 0 Å². The van der Waals surface area contributed by atoms with Crippen LogP contribution in [-0.4, -0.2) is 20.3 Å². The van der Waals surface area contributed by atoms with Crippen LogP contribution in [0.3, 0.4) is 0 Å². The number of nitrogens with zero attached hydrogens (tertiary/aromatic N) is 2. The largest absolute Gasteiger partial charge is 0.287 e. The summed E-state index contributed by atoms with van der Waals surface area (Å²) in [5.74, 6) is -0.360. The number of hydrogen-bond acceptors (Lipinski definition) is 5. The van der Waals surface area contributed by atoms with Gasteiger partial charge in [0.25, 0.3) is 0 Å². The lowest BCUT2D eigenvalue weighted by molar-refractivity contribution is 0.0970. The maximum Gasteiger partial charge on any atom is 0.211 e. The Balaban J connectivity index is 2.71. The number of carbonyl (C=O) groups is 2. The number of Topliss-reactive ketones (excluding diaryl/α,β-unsaturated/α-hetero) is 2. The Labute approximate surface area is 78.6 Å². The zero-order valence-electron chi connectivity index (χ0n) is 7.12. The summed E-state index contributed by atoms with van der Waals surface area (Å²) in [7, 11) is 0. The van der Waals surface area contributed by atoms with E-state index in [1.54, 1.807) is 13.8 Å². The number of fused-ring (bicyclic) bond motifs is 1. The van der Waals surface area contributed by atoms with Crippen molar-refractivity contribution in [3.05, 3.63) is 22.5 Å². The molecule has 0 saturated carbocycles. The van der Waals surface area contributed by atoms with Gasteiger partial charge >= 0.3 is 0 Å². The molecule has 0 saturated heterocycles. The summed E-state index contributed by atoms with van der Waals surface area (Å²) in [6.45, 7) is 3.27. The smallest absolute Gasteiger partial charge is 0.211 e. The lowest BCUT2D eigenvalue weighted by Crippen LogP contribution is -2.19. The van der Waals surface area contributed by atoms with E-state index in [0.717, 1.165) is 11.7 Å². The van der Waals surface area contributed by atoms with Crippen molar-refractivity contribution in [1.82, 2.24) is 8.75 Å². The van der Waals surface area contributed by atoms with Crippen LogP contribution in [0.2, 0.25) is 0 Å². The average Bonchev–Trinajstić information content (AvgIpc) is 2.59. The molecule has 0 aromatic carbocycles. The van der Waals surface area contributed by atoms with Crippen LogP contribution in [0.1, 0.15) is 34.8 Å². The molecule has 66 valence electrons. The number of aromatic nitrogens is 2. The van der Waals surface area contributed by atoms with Crippen molar-refractivity contribution in [3.63, 3.8) is 0 Å². The van der Waals surface area contributed by atoms with Crippen molar-refractivity contribution in [2.75, 3.05) is 0 Å². The van der Waals surface area contributed by atoms with Gasteiger partial charge < -0.3 is 0 Å². The van der Waals surface area contributed by atoms with E-state index in [1.807, 2.05) is 0 Å². The third-order valence-corrected chi connectivity index (χ3v) is 2.69. The standard InChI is InChI=1S/C8H6N2O2S/c1-3-4(2)8(12)6-5(7(3)11)9-13-10-6/h1-2H3. The molecule has 0 amide bonds. The minimum atomic E-state index is -0.180. The van der Waals surface area contributed by atoms with Gasteiger partial charge in [0.05, 0.1) is 11.7 Å². The molecule has 1 aliphatic rings. The molecular formula is C8H6N2O2S. The molecule has 4 nitrogen and oxygen atoms in total. The zero-order chi connectivity index (χ0) is 9.59. The quantitative estimate of drug-likeness (QED) is 0.623. The normalized spacial score (nSPS) is 16.5. The fourth-order valence-electron chi connectivity index (χ4n) is 1.18. The Morgan fingerprint density at radius 3 is 1.69 bits per heavy atom. The molecule has 1 aromatic rings. The number of ketones is 2. The summed E-state index contributed by atoms with van der Waals surface area (Å²) in [6, 6.07) is 0. The molecule has 0 radical (unpaired) electrons. The second kappa shape index (κ2) is 2.56. The molecular weight excluding hydrogens is 188 g/mol. The Kier molecular flexibility index (Phi) is 1.63. The topological polar surface area (TPSA) is 59.9 Å². The Morgan fingerprint density at radius 1 is 0.923 bits per heavy atom. The molecule has 2 rings (SSSR count). The molecule has 1 heterocycles. The van der Waals surface area contributed by atoms with E-state index in [2.05, 4.69) is 8.75 Å². The lowest BCUT2D eigenvalue weighted by Gasteiger charge is -2.09. The lowest BCUT2D eigenvalue weighted by atomic mass is 9.92. The van der Waals surface area contributed by atoms with E-state index in [9.17, 15) is 9.59 Å². The molecule has 1 aromatic heterocycles. The molecule has 13 heavy (non-hydrogen) atoms. The first-order valence-electron chi connectivity index (χ1n) is 3.72. The first kappa shape index (κ1) is 8.25. The second-order valence-corrected chi connectivity index (χ2v) is 3.40. The van der Waals surface area contributed by atoms with Crippen molar-refractivity contribution < 1.29 is 9.59 Å². The summed E-state index contributed by atoms with van der Waals surface area (Å²) in [5.41, 5.74) is 1.37. The summed E-state index contributed by atoms with van der Waals surface area (Å²) in [6.07, 6.45) is 0. The van der Waals surface area contributed by atoms with Crippen molar-refractivity contribution in [3.8, 4) is 0 Å². The van der Waals surface area contributed by atoms with Crippen molar-refractivity contribution in [1.29, 1.82) is 0 Å². The molecule has 0 bridgehead atoms. The van der Waals surface area contributed by atoms with Crippen LogP contribution in [0.4, 0.5) is 0 Å². The van der Waals surface area contributed by atoms with Crippen LogP contribution < -0.4 is 0 Å². The Bertz CT molecular complexity index is 406.